The number of carbonyl (C=O) groups is 1. The van der Waals surface area contributed by atoms with Crippen molar-refractivity contribution in [2.75, 3.05) is 5.32 Å². The zero-order valence-electron chi connectivity index (χ0n) is 18.6. The number of anilines is 1. The highest BCUT2D eigenvalue weighted by atomic mass is 32.2. The van der Waals surface area contributed by atoms with Crippen LogP contribution in [0, 0.1) is 13.8 Å². The predicted octanol–water partition coefficient (Wildman–Crippen LogP) is 5.02. The van der Waals surface area contributed by atoms with Crippen LogP contribution in [0.15, 0.2) is 78.9 Å². The summed E-state index contributed by atoms with van der Waals surface area (Å²) in [6.45, 7) is 4.09. The van der Waals surface area contributed by atoms with E-state index in [1.54, 1.807) is 4.68 Å². The Hall–Kier alpha value is -3.51. The highest BCUT2D eigenvalue weighted by molar-refractivity contribution is 7.83. The van der Waals surface area contributed by atoms with Crippen molar-refractivity contribution in [2.45, 2.75) is 31.3 Å². The van der Waals surface area contributed by atoms with E-state index in [1.807, 2.05) is 79.7 Å². The molecule has 0 fully saturated rings. The van der Waals surface area contributed by atoms with Crippen LogP contribution >= 0.6 is 0 Å². The van der Waals surface area contributed by atoms with Gasteiger partial charge in [-0.1, -0.05) is 78.4 Å². The summed E-state index contributed by atoms with van der Waals surface area (Å²) >= 11 is 0. The second-order valence-corrected chi connectivity index (χ2v) is 9.90. The minimum absolute atomic E-state index is 0.140. The van der Waals surface area contributed by atoms with Gasteiger partial charge in [-0.3, -0.25) is 9.00 Å². The van der Waals surface area contributed by atoms with Gasteiger partial charge < -0.3 is 5.32 Å². The number of carbonyl (C=O) groups excluding carboxylic acids is 1. The fourth-order valence-corrected chi connectivity index (χ4v) is 5.71. The number of fused-ring (bicyclic) bond motifs is 1. The Morgan fingerprint density at radius 2 is 1.58 bits per heavy atom. The van der Waals surface area contributed by atoms with Crippen LogP contribution in [0.5, 0.6) is 0 Å². The van der Waals surface area contributed by atoms with E-state index >= 15 is 0 Å². The van der Waals surface area contributed by atoms with Gasteiger partial charge in [0.05, 0.1) is 28.8 Å². The Morgan fingerprint density at radius 3 is 2.18 bits per heavy atom. The van der Waals surface area contributed by atoms with Gasteiger partial charge in [-0.15, -0.1) is 0 Å². The van der Waals surface area contributed by atoms with Gasteiger partial charge in [0.15, 0.2) is 0 Å². The van der Waals surface area contributed by atoms with Crippen molar-refractivity contribution < 1.29 is 9.00 Å². The van der Waals surface area contributed by atoms with Crippen LogP contribution in [0.2, 0.25) is 0 Å². The van der Waals surface area contributed by atoms with Gasteiger partial charge in [-0.05, 0) is 36.6 Å². The van der Waals surface area contributed by atoms with Crippen LogP contribution in [0.4, 0.5) is 5.82 Å². The summed E-state index contributed by atoms with van der Waals surface area (Å²) in [5.74, 6) is 0.814. The van der Waals surface area contributed by atoms with Gasteiger partial charge in [0.2, 0.25) is 5.91 Å². The average Bonchev–Trinajstić information content (AvgIpc) is 3.32. The largest absolute Gasteiger partial charge is 0.309 e. The highest BCUT2D eigenvalue weighted by Gasteiger charge is 2.31. The summed E-state index contributed by atoms with van der Waals surface area (Å²) in [5, 5.41) is 7.94. The van der Waals surface area contributed by atoms with Crippen molar-refractivity contribution in [3.63, 3.8) is 0 Å². The number of hydrogen-bond donors (Lipinski definition) is 1. The average molecular weight is 456 g/mol. The van der Waals surface area contributed by atoms with Crippen molar-refractivity contribution in [1.29, 1.82) is 0 Å². The molecule has 1 atom stereocenters. The highest BCUT2D eigenvalue weighted by Crippen LogP contribution is 2.34. The first kappa shape index (κ1) is 21.3. The van der Waals surface area contributed by atoms with Gasteiger partial charge in [0.25, 0.3) is 0 Å². The molecule has 0 radical (unpaired) electrons. The third-order valence-corrected chi connectivity index (χ3v) is 7.23. The lowest BCUT2D eigenvalue weighted by molar-refractivity contribution is -0.116. The second kappa shape index (κ2) is 8.79. The van der Waals surface area contributed by atoms with Crippen LogP contribution in [0.3, 0.4) is 0 Å². The van der Waals surface area contributed by atoms with E-state index in [9.17, 15) is 9.00 Å². The van der Waals surface area contributed by atoms with Crippen molar-refractivity contribution in [3.8, 4) is 5.69 Å². The molecule has 1 unspecified atom stereocenters. The Balaban J connectivity index is 1.59. The van der Waals surface area contributed by atoms with E-state index < -0.39 is 16.7 Å². The molecule has 1 aromatic heterocycles. The molecule has 3 aromatic carbocycles. The molecule has 6 heteroatoms. The van der Waals surface area contributed by atoms with Crippen LogP contribution in [-0.2, 0) is 27.1 Å². The number of hydrogen-bond acceptors (Lipinski definition) is 3. The number of amides is 1. The lowest BCUT2D eigenvalue weighted by Gasteiger charge is -2.19. The Kier molecular flexibility index (Phi) is 5.68. The predicted molar refractivity (Wildman–Crippen MR) is 132 cm³/mol. The SMILES string of the molecule is Cc1ccc(-n2nc3c(c2NC(=O)C(c2ccccc2)c2ccccc2)CS(=O)C3)c(C)c1. The van der Waals surface area contributed by atoms with Gasteiger partial charge >= 0.3 is 0 Å². The van der Waals surface area contributed by atoms with Gasteiger partial charge in [0.1, 0.15) is 5.82 Å². The van der Waals surface area contributed by atoms with E-state index in [-0.39, 0.29) is 5.91 Å². The summed E-state index contributed by atoms with van der Waals surface area (Å²) < 4.78 is 14.1. The second-order valence-electron chi connectivity index (χ2n) is 8.45. The lowest BCUT2D eigenvalue weighted by atomic mass is 9.90. The molecule has 1 N–H and O–H groups in total. The molecular formula is C27H25N3O2S. The number of aromatic nitrogens is 2. The molecule has 0 saturated heterocycles. The zero-order chi connectivity index (χ0) is 22.9. The first-order chi connectivity index (χ1) is 16.0. The minimum atomic E-state index is -0.997. The van der Waals surface area contributed by atoms with Crippen LogP contribution in [-0.4, -0.2) is 19.9 Å². The summed E-state index contributed by atoms with van der Waals surface area (Å²) in [5.41, 5.74) is 6.62. The molecular weight excluding hydrogens is 430 g/mol. The smallest absolute Gasteiger partial charge is 0.237 e. The fraction of sp³-hybridized carbons (Fsp3) is 0.185. The molecule has 1 aliphatic rings. The maximum Gasteiger partial charge on any atom is 0.237 e. The summed E-state index contributed by atoms with van der Waals surface area (Å²) in [7, 11) is -0.997. The van der Waals surface area contributed by atoms with Crippen molar-refractivity contribution in [1.82, 2.24) is 9.78 Å². The van der Waals surface area contributed by atoms with E-state index in [4.69, 9.17) is 5.10 Å². The van der Waals surface area contributed by atoms with Crippen molar-refractivity contribution >= 4 is 22.5 Å². The molecule has 0 aliphatic carbocycles. The number of benzene rings is 3. The molecule has 0 saturated carbocycles. The third-order valence-electron chi connectivity index (χ3n) is 6.02. The summed E-state index contributed by atoms with van der Waals surface area (Å²) in [6.07, 6.45) is 0. The van der Waals surface area contributed by atoms with Gasteiger partial charge in [0, 0.05) is 16.4 Å². The van der Waals surface area contributed by atoms with E-state index in [0.29, 0.717) is 17.3 Å². The Labute approximate surface area is 195 Å². The molecule has 2 heterocycles. The van der Waals surface area contributed by atoms with Crippen LogP contribution < -0.4 is 5.32 Å². The standard InChI is InChI=1S/C27H25N3O2S/c1-18-13-14-24(19(2)15-18)30-26(22-16-33(32)17-23(22)29-30)28-27(31)25(20-9-5-3-6-10-20)21-11-7-4-8-12-21/h3-15,25H,16-17H2,1-2H3,(H,28,31). The van der Waals surface area contributed by atoms with Crippen LogP contribution in [0.25, 0.3) is 5.69 Å². The van der Waals surface area contributed by atoms with Gasteiger partial charge in [-0.2, -0.15) is 5.10 Å². The lowest BCUT2D eigenvalue weighted by Crippen LogP contribution is -2.24. The zero-order valence-corrected chi connectivity index (χ0v) is 19.4. The first-order valence-corrected chi connectivity index (χ1v) is 12.4. The van der Waals surface area contributed by atoms with E-state index in [1.165, 1.54) is 0 Å². The Bertz CT molecular complexity index is 1310. The van der Waals surface area contributed by atoms with E-state index in [2.05, 4.69) is 18.3 Å². The number of nitrogens with one attached hydrogen (secondary N) is 1. The quantitative estimate of drug-likeness (QED) is 0.459. The monoisotopic (exact) mass is 455 g/mol. The third kappa shape index (κ3) is 4.14. The number of nitrogens with zero attached hydrogens (tertiary/aromatic N) is 2. The fourth-order valence-electron chi connectivity index (χ4n) is 4.45. The van der Waals surface area contributed by atoms with E-state index in [0.717, 1.165) is 39.2 Å². The molecule has 1 amide bonds. The topological polar surface area (TPSA) is 64.0 Å². The molecule has 5 rings (SSSR count). The maximum atomic E-state index is 13.8. The number of aryl methyl sites for hydroxylation is 2. The van der Waals surface area contributed by atoms with Crippen LogP contribution in [0.1, 0.15) is 39.4 Å². The molecule has 4 aromatic rings. The minimum Gasteiger partial charge on any atom is -0.309 e. The summed E-state index contributed by atoms with van der Waals surface area (Å²) in [4.78, 5) is 13.8. The van der Waals surface area contributed by atoms with Gasteiger partial charge in [-0.25, -0.2) is 4.68 Å². The molecule has 5 nitrogen and oxygen atoms in total. The van der Waals surface area contributed by atoms with Crippen molar-refractivity contribution in [3.05, 3.63) is 112 Å². The normalized spacial score (nSPS) is 14.9. The van der Waals surface area contributed by atoms with Crippen molar-refractivity contribution in [2.24, 2.45) is 0 Å². The number of rotatable bonds is 5. The maximum absolute atomic E-state index is 13.8. The molecule has 33 heavy (non-hydrogen) atoms. The molecule has 0 spiro atoms. The Morgan fingerprint density at radius 1 is 0.939 bits per heavy atom. The first-order valence-electron chi connectivity index (χ1n) is 11.0. The molecule has 1 aliphatic heterocycles. The summed E-state index contributed by atoms with van der Waals surface area (Å²) in [6, 6.07) is 25.7. The molecule has 0 bridgehead atoms. The molecule has 166 valence electrons.